The van der Waals surface area contributed by atoms with E-state index >= 15 is 0 Å². The van der Waals surface area contributed by atoms with Crippen molar-refractivity contribution in [1.29, 1.82) is 0 Å². The van der Waals surface area contributed by atoms with Gasteiger partial charge in [0.05, 0.1) is 6.04 Å². The van der Waals surface area contributed by atoms with Crippen LogP contribution in [-0.4, -0.2) is 47.0 Å². The molecule has 1 N–H and O–H groups in total. The summed E-state index contributed by atoms with van der Waals surface area (Å²) >= 11 is 0. The van der Waals surface area contributed by atoms with E-state index in [1.165, 1.54) is 5.56 Å². The molecule has 5 rings (SSSR count). The second-order valence-electron chi connectivity index (χ2n) is 8.60. The van der Waals surface area contributed by atoms with Crippen LogP contribution in [0.4, 0.5) is 4.79 Å². The summed E-state index contributed by atoms with van der Waals surface area (Å²) in [4.78, 5) is 21.3. The predicted octanol–water partition coefficient (Wildman–Crippen LogP) is 3.82. The van der Waals surface area contributed by atoms with Crippen molar-refractivity contribution in [3.05, 3.63) is 78.1 Å². The van der Waals surface area contributed by atoms with Gasteiger partial charge in [0.15, 0.2) is 0 Å². The molecule has 3 heterocycles. The molecular weight excluding hydrogens is 360 g/mol. The number of benzene rings is 2. The number of nitrogens with one attached hydrogen (secondary N) is 1. The van der Waals surface area contributed by atoms with E-state index in [9.17, 15) is 4.79 Å². The number of likely N-dealkylation sites (tertiary alicyclic amines) is 2. The quantitative estimate of drug-likeness (QED) is 0.742. The van der Waals surface area contributed by atoms with Gasteiger partial charge in [-0.05, 0) is 29.5 Å². The number of amides is 2. The third-order valence-electron chi connectivity index (χ3n) is 6.23. The van der Waals surface area contributed by atoms with Crippen molar-refractivity contribution in [1.82, 2.24) is 20.1 Å². The number of nitrogens with zero attached hydrogens (tertiary/aromatic N) is 3. The van der Waals surface area contributed by atoms with Crippen molar-refractivity contribution < 1.29 is 4.79 Å². The Labute approximate surface area is 171 Å². The van der Waals surface area contributed by atoms with Crippen LogP contribution in [0, 0.1) is 5.41 Å². The van der Waals surface area contributed by atoms with Crippen LogP contribution in [0.3, 0.4) is 0 Å². The molecule has 1 spiro atoms. The molecule has 5 nitrogen and oxygen atoms in total. The van der Waals surface area contributed by atoms with E-state index in [0.29, 0.717) is 5.41 Å². The Balaban J connectivity index is 1.14. The fourth-order valence-electron chi connectivity index (χ4n) is 4.84. The second-order valence-corrected chi connectivity index (χ2v) is 8.60. The number of carbonyl (C=O) groups excluding carboxylic acids is 1. The molecule has 0 aliphatic carbocycles. The molecule has 3 aromatic rings. The van der Waals surface area contributed by atoms with E-state index in [2.05, 4.69) is 57.7 Å². The first-order valence-electron chi connectivity index (χ1n) is 10.3. The van der Waals surface area contributed by atoms with E-state index in [4.69, 9.17) is 0 Å². The Kier molecular flexibility index (Phi) is 4.47. The van der Waals surface area contributed by atoms with E-state index in [1.807, 2.05) is 30.2 Å². The predicted molar refractivity (Wildman–Crippen MR) is 114 cm³/mol. The first-order chi connectivity index (χ1) is 14.1. The van der Waals surface area contributed by atoms with E-state index in [1.54, 1.807) is 6.20 Å². The maximum atomic E-state index is 12.7. The van der Waals surface area contributed by atoms with Crippen molar-refractivity contribution in [2.75, 3.05) is 26.2 Å². The van der Waals surface area contributed by atoms with E-state index < -0.39 is 0 Å². The molecule has 2 saturated heterocycles. The molecule has 1 atom stereocenters. The third kappa shape index (κ3) is 3.47. The maximum Gasteiger partial charge on any atom is 0.317 e. The molecule has 2 aliphatic rings. The summed E-state index contributed by atoms with van der Waals surface area (Å²) in [5.41, 5.74) is 2.79. The number of fused-ring (bicyclic) bond motifs is 1. The molecule has 0 bridgehead atoms. The summed E-state index contributed by atoms with van der Waals surface area (Å²) in [5.74, 6) is 0. The van der Waals surface area contributed by atoms with Gasteiger partial charge in [-0.25, -0.2) is 4.79 Å². The van der Waals surface area contributed by atoms with Crippen molar-refractivity contribution in [2.45, 2.75) is 19.5 Å². The van der Waals surface area contributed by atoms with Crippen LogP contribution in [-0.2, 0) is 6.54 Å². The van der Waals surface area contributed by atoms with Gasteiger partial charge in [0.25, 0.3) is 0 Å². The Morgan fingerprint density at radius 2 is 1.86 bits per heavy atom. The van der Waals surface area contributed by atoms with Gasteiger partial charge >= 0.3 is 6.03 Å². The van der Waals surface area contributed by atoms with E-state index in [0.717, 1.165) is 49.1 Å². The van der Waals surface area contributed by atoms with Gasteiger partial charge in [-0.1, -0.05) is 48.5 Å². The smallest absolute Gasteiger partial charge is 0.317 e. The zero-order valence-corrected chi connectivity index (χ0v) is 16.7. The highest BCUT2D eigenvalue weighted by Crippen LogP contribution is 2.40. The monoisotopic (exact) mass is 386 g/mol. The summed E-state index contributed by atoms with van der Waals surface area (Å²) in [6, 6.07) is 18.8. The molecule has 29 heavy (non-hydrogen) atoms. The van der Waals surface area contributed by atoms with Crippen LogP contribution in [0.5, 0.6) is 0 Å². The third-order valence-corrected chi connectivity index (χ3v) is 6.23. The SMILES string of the molecule is C[C@@H](NC(=O)N1CC2(CN(Cc3ccccc3)C2)C1)c1cccc2cnccc12. The van der Waals surface area contributed by atoms with Gasteiger partial charge in [0.1, 0.15) is 0 Å². The van der Waals surface area contributed by atoms with Crippen LogP contribution >= 0.6 is 0 Å². The lowest BCUT2D eigenvalue weighted by atomic mass is 9.73. The molecule has 2 fully saturated rings. The first kappa shape index (κ1) is 18.1. The summed E-state index contributed by atoms with van der Waals surface area (Å²) in [6.07, 6.45) is 3.67. The Hall–Kier alpha value is -2.92. The lowest BCUT2D eigenvalue weighted by Crippen LogP contribution is -2.73. The van der Waals surface area contributed by atoms with Crippen molar-refractivity contribution in [3.63, 3.8) is 0 Å². The number of urea groups is 1. The van der Waals surface area contributed by atoms with Crippen LogP contribution in [0.2, 0.25) is 0 Å². The van der Waals surface area contributed by atoms with Crippen molar-refractivity contribution in [3.8, 4) is 0 Å². The van der Waals surface area contributed by atoms with Crippen molar-refractivity contribution in [2.24, 2.45) is 5.41 Å². The van der Waals surface area contributed by atoms with Gasteiger partial charge < -0.3 is 10.2 Å². The first-order valence-corrected chi connectivity index (χ1v) is 10.3. The summed E-state index contributed by atoms with van der Waals surface area (Å²) in [6.45, 7) is 6.93. The molecule has 2 amide bonds. The van der Waals surface area contributed by atoms with Gasteiger partial charge in [0.2, 0.25) is 0 Å². The Morgan fingerprint density at radius 1 is 1.07 bits per heavy atom. The highest BCUT2D eigenvalue weighted by Gasteiger charge is 2.52. The zero-order valence-electron chi connectivity index (χ0n) is 16.7. The van der Waals surface area contributed by atoms with Gasteiger partial charge in [-0.3, -0.25) is 9.88 Å². The summed E-state index contributed by atoms with van der Waals surface area (Å²) in [7, 11) is 0. The number of carbonyl (C=O) groups is 1. The Bertz CT molecular complexity index is 1020. The van der Waals surface area contributed by atoms with Gasteiger partial charge in [-0.2, -0.15) is 0 Å². The van der Waals surface area contributed by atoms with Crippen LogP contribution < -0.4 is 5.32 Å². The molecule has 0 saturated carbocycles. The Morgan fingerprint density at radius 3 is 2.66 bits per heavy atom. The average molecular weight is 386 g/mol. The second kappa shape index (κ2) is 7.16. The molecule has 148 valence electrons. The molecule has 2 aliphatic heterocycles. The van der Waals surface area contributed by atoms with Crippen LogP contribution in [0.1, 0.15) is 24.1 Å². The largest absolute Gasteiger partial charge is 0.331 e. The average Bonchev–Trinajstić information content (AvgIpc) is 2.69. The standard InChI is InChI=1S/C24H26N4O/c1-18(21-9-5-8-20-12-25-11-10-22(20)21)26-23(29)28-16-24(17-28)14-27(15-24)13-19-6-3-2-4-7-19/h2-12,18H,13-17H2,1H3,(H,26,29)/t18-/m1/s1. The number of hydrogen-bond acceptors (Lipinski definition) is 3. The number of pyridine rings is 1. The van der Waals surface area contributed by atoms with E-state index in [-0.39, 0.29) is 12.1 Å². The fraction of sp³-hybridized carbons (Fsp3) is 0.333. The summed E-state index contributed by atoms with van der Waals surface area (Å²) in [5, 5.41) is 5.42. The summed E-state index contributed by atoms with van der Waals surface area (Å²) < 4.78 is 0. The molecular formula is C24H26N4O. The van der Waals surface area contributed by atoms with Crippen molar-refractivity contribution >= 4 is 16.8 Å². The topological polar surface area (TPSA) is 48.5 Å². The zero-order chi connectivity index (χ0) is 19.8. The van der Waals surface area contributed by atoms with Gasteiger partial charge in [0, 0.05) is 55.9 Å². The van der Waals surface area contributed by atoms with Crippen LogP contribution in [0.15, 0.2) is 67.0 Å². The minimum Gasteiger partial charge on any atom is -0.331 e. The highest BCUT2D eigenvalue weighted by molar-refractivity contribution is 5.86. The minimum absolute atomic E-state index is 0.0377. The maximum absolute atomic E-state index is 12.7. The fourth-order valence-corrected chi connectivity index (χ4v) is 4.84. The number of aromatic nitrogens is 1. The minimum atomic E-state index is -0.0406. The highest BCUT2D eigenvalue weighted by atomic mass is 16.2. The molecule has 2 aromatic carbocycles. The van der Waals surface area contributed by atoms with Gasteiger partial charge in [-0.15, -0.1) is 0 Å². The molecule has 5 heteroatoms. The van der Waals surface area contributed by atoms with Crippen LogP contribution in [0.25, 0.3) is 10.8 Å². The lowest BCUT2D eigenvalue weighted by Gasteiger charge is -2.60. The molecule has 0 radical (unpaired) electrons. The lowest BCUT2D eigenvalue weighted by molar-refractivity contribution is -0.0985. The normalized spacial score (nSPS) is 18.9. The number of rotatable bonds is 4. The molecule has 1 aromatic heterocycles. The molecule has 0 unspecified atom stereocenters. The number of hydrogen-bond donors (Lipinski definition) is 1.